The predicted molar refractivity (Wildman–Crippen MR) is 94.8 cm³/mol. The van der Waals surface area contributed by atoms with Crippen molar-refractivity contribution in [1.82, 2.24) is 20.7 Å². The van der Waals surface area contributed by atoms with Gasteiger partial charge in [0.15, 0.2) is 0 Å². The molecular weight excluding hydrogens is 352 g/mol. The van der Waals surface area contributed by atoms with Crippen LogP contribution in [0.2, 0.25) is 0 Å². The number of hydrogen-bond donors (Lipinski definition) is 2. The Hall–Kier alpha value is -2.42. The van der Waals surface area contributed by atoms with Gasteiger partial charge in [-0.25, -0.2) is 0 Å². The number of nitrogens with zero attached hydrogens (tertiary/aromatic N) is 2. The molecule has 2 fully saturated rings. The van der Waals surface area contributed by atoms with E-state index in [2.05, 4.69) is 15.8 Å². The molecule has 0 aromatic carbocycles. The zero-order valence-corrected chi connectivity index (χ0v) is 16.0. The van der Waals surface area contributed by atoms with Gasteiger partial charge in [0.05, 0.1) is 24.2 Å². The summed E-state index contributed by atoms with van der Waals surface area (Å²) in [5, 5.41) is 9.61. The normalized spacial score (nSPS) is 22.3. The first-order valence-electron chi connectivity index (χ1n) is 9.16. The number of nitrogens with one attached hydrogen (secondary N) is 2. The number of carbonyl (C=O) groups excluding carboxylic acids is 3. The lowest BCUT2D eigenvalue weighted by Gasteiger charge is -2.39. The molecule has 3 rings (SSSR count). The average Bonchev–Trinajstić information content (AvgIpc) is 2.85. The van der Waals surface area contributed by atoms with E-state index in [1.165, 1.54) is 6.92 Å². The van der Waals surface area contributed by atoms with E-state index in [1.54, 1.807) is 18.7 Å². The number of aromatic nitrogens is 1. The minimum Gasteiger partial charge on any atom is -0.381 e. The van der Waals surface area contributed by atoms with Crippen LogP contribution in [0.15, 0.2) is 4.52 Å². The smallest absolute Gasteiger partial charge is 0.244 e. The van der Waals surface area contributed by atoms with Crippen LogP contribution in [0.4, 0.5) is 0 Å². The Balaban J connectivity index is 1.84. The molecule has 1 atom stereocenters. The van der Waals surface area contributed by atoms with Crippen molar-refractivity contribution in [3.8, 4) is 0 Å². The van der Waals surface area contributed by atoms with Gasteiger partial charge in [0.1, 0.15) is 11.8 Å². The Kier molecular flexibility index (Phi) is 5.50. The largest absolute Gasteiger partial charge is 0.381 e. The summed E-state index contributed by atoms with van der Waals surface area (Å²) >= 11 is 0. The molecule has 9 nitrogen and oxygen atoms in total. The molecule has 27 heavy (non-hydrogen) atoms. The van der Waals surface area contributed by atoms with Gasteiger partial charge in [-0.05, 0) is 26.7 Å². The first-order chi connectivity index (χ1) is 12.8. The molecule has 0 saturated carbocycles. The molecular formula is C18H26N4O5. The van der Waals surface area contributed by atoms with Gasteiger partial charge in [-0.15, -0.1) is 0 Å². The second-order valence-electron chi connectivity index (χ2n) is 7.39. The Morgan fingerprint density at radius 3 is 2.63 bits per heavy atom. The molecule has 1 spiro atoms. The van der Waals surface area contributed by atoms with Crippen LogP contribution in [0.25, 0.3) is 0 Å². The van der Waals surface area contributed by atoms with E-state index < -0.39 is 11.6 Å². The van der Waals surface area contributed by atoms with Crippen molar-refractivity contribution in [2.24, 2.45) is 0 Å². The third-order valence-corrected chi connectivity index (χ3v) is 5.29. The van der Waals surface area contributed by atoms with Gasteiger partial charge in [0, 0.05) is 32.2 Å². The first kappa shape index (κ1) is 19.3. The number of ether oxygens (including phenoxy) is 1. The van der Waals surface area contributed by atoms with E-state index in [0.29, 0.717) is 44.1 Å². The summed E-state index contributed by atoms with van der Waals surface area (Å²) in [5.41, 5.74) is 0.918. The topological polar surface area (TPSA) is 114 Å². The summed E-state index contributed by atoms with van der Waals surface area (Å²) in [6, 6.07) is -0.779. The highest BCUT2D eigenvalue weighted by Gasteiger charge is 2.42. The zero-order valence-electron chi connectivity index (χ0n) is 16.0. The number of aryl methyl sites for hydroxylation is 2. The molecule has 2 N–H and O–H groups in total. The quantitative estimate of drug-likeness (QED) is 0.756. The lowest BCUT2D eigenvalue weighted by atomic mass is 9.89. The third-order valence-electron chi connectivity index (χ3n) is 5.29. The SMILES string of the molecule is CC(=O)NC1CN(C(=O)Cc2c(C)noc2C)CC2(CCOCC2)NC1=O. The van der Waals surface area contributed by atoms with Crippen molar-refractivity contribution in [3.05, 3.63) is 17.0 Å². The van der Waals surface area contributed by atoms with Crippen LogP contribution in [0, 0.1) is 13.8 Å². The number of hydrogen-bond acceptors (Lipinski definition) is 6. The van der Waals surface area contributed by atoms with Gasteiger partial charge in [0.25, 0.3) is 0 Å². The highest BCUT2D eigenvalue weighted by Crippen LogP contribution is 2.25. The van der Waals surface area contributed by atoms with Crippen LogP contribution in [0.5, 0.6) is 0 Å². The molecule has 3 heterocycles. The summed E-state index contributed by atoms with van der Waals surface area (Å²) in [5.74, 6) is -0.0814. The maximum atomic E-state index is 13.1. The molecule has 2 aliphatic heterocycles. The van der Waals surface area contributed by atoms with Crippen LogP contribution in [0.3, 0.4) is 0 Å². The van der Waals surface area contributed by atoms with Crippen molar-refractivity contribution in [3.63, 3.8) is 0 Å². The number of amides is 3. The van der Waals surface area contributed by atoms with Crippen LogP contribution in [0.1, 0.15) is 36.8 Å². The number of carbonyl (C=O) groups is 3. The molecule has 9 heteroatoms. The summed E-state index contributed by atoms with van der Waals surface area (Å²) in [4.78, 5) is 38.9. The van der Waals surface area contributed by atoms with E-state index in [1.807, 2.05) is 0 Å². The van der Waals surface area contributed by atoms with Crippen LogP contribution in [-0.2, 0) is 25.5 Å². The van der Waals surface area contributed by atoms with Gasteiger partial charge < -0.3 is 24.8 Å². The minimum absolute atomic E-state index is 0.123. The Bertz CT molecular complexity index is 719. The average molecular weight is 378 g/mol. The van der Waals surface area contributed by atoms with Gasteiger partial charge in [0.2, 0.25) is 17.7 Å². The third kappa shape index (κ3) is 4.29. The van der Waals surface area contributed by atoms with E-state index in [0.717, 1.165) is 5.56 Å². The van der Waals surface area contributed by atoms with Crippen molar-refractivity contribution >= 4 is 17.7 Å². The Morgan fingerprint density at radius 1 is 1.33 bits per heavy atom. The summed E-state index contributed by atoms with van der Waals surface area (Å²) < 4.78 is 10.6. The predicted octanol–water partition coefficient (Wildman–Crippen LogP) is -0.154. The van der Waals surface area contributed by atoms with E-state index >= 15 is 0 Å². The fourth-order valence-electron chi connectivity index (χ4n) is 3.73. The second-order valence-corrected chi connectivity index (χ2v) is 7.39. The molecule has 1 aromatic rings. The molecule has 0 radical (unpaired) electrons. The van der Waals surface area contributed by atoms with Crippen LogP contribution < -0.4 is 10.6 Å². The highest BCUT2D eigenvalue weighted by atomic mass is 16.5. The van der Waals surface area contributed by atoms with Crippen LogP contribution in [-0.4, -0.2) is 65.7 Å². The van der Waals surface area contributed by atoms with Gasteiger partial charge >= 0.3 is 0 Å². The monoisotopic (exact) mass is 378 g/mol. The lowest BCUT2D eigenvalue weighted by molar-refractivity contribution is -0.132. The standard InChI is InChI=1S/C18H26N4O5/c1-11-14(12(2)27-21-11)8-16(24)22-9-15(19-13(3)23)17(25)20-18(10-22)4-6-26-7-5-18/h15H,4-10H2,1-3H3,(H,19,23)(H,20,25). The summed E-state index contributed by atoms with van der Waals surface area (Å²) in [7, 11) is 0. The molecule has 1 unspecified atom stereocenters. The molecule has 1 aromatic heterocycles. The molecule has 0 aliphatic carbocycles. The molecule has 2 saturated heterocycles. The maximum Gasteiger partial charge on any atom is 0.244 e. The fourth-order valence-corrected chi connectivity index (χ4v) is 3.73. The Morgan fingerprint density at radius 2 is 2.04 bits per heavy atom. The zero-order chi connectivity index (χ0) is 19.6. The number of rotatable bonds is 3. The van der Waals surface area contributed by atoms with E-state index in [4.69, 9.17) is 9.26 Å². The minimum atomic E-state index is -0.779. The fraction of sp³-hybridized carbons (Fsp3) is 0.667. The maximum absolute atomic E-state index is 13.1. The summed E-state index contributed by atoms with van der Waals surface area (Å²) in [6.07, 6.45) is 1.40. The molecule has 0 bridgehead atoms. The van der Waals surface area contributed by atoms with Crippen molar-refractivity contribution in [1.29, 1.82) is 0 Å². The van der Waals surface area contributed by atoms with E-state index in [9.17, 15) is 14.4 Å². The van der Waals surface area contributed by atoms with Crippen molar-refractivity contribution < 1.29 is 23.6 Å². The van der Waals surface area contributed by atoms with Gasteiger partial charge in [-0.3, -0.25) is 14.4 Å². The Labute approximate surface area is 157 Å². The lowest BCUT2D eigenvalue weighted by Crippen LogP contribution is -2.58. The molecule has 3 amide bonds. The van der Waals surface area contributed by atoms with Crippen molar-refractivity contribution in [2.45, 2.75) is 51.6 Å². The second kappa shape index (κ2) is 7.67. The van der Waals surface area contributed by atoms with Gasteiger partial charge in [-0.2, -0.15) is 0 Å². The van der Waals surface area contributed by atoms with E-state index in [-0.39, 0.29) is 30.7 Å². The molecule has 2 aliphatic rings. The first-order valence-corrected chi connectivity index (χ1v) is 9.16. The van der Waals surface area contributed by atoms with Crippen molar-refractivity contribution in [2.75, 3.05) is 26.3 Å². The molecule has 148 valence electrons. The van der Waals surface area contributed by atoms with Gasteiger partial charge in [-0.1, -0.05) is 5.16 Å². The summed E-state index contributed by atoms with van der Waals surface area (Å²) in [6.45, 7) is 6.51. The highest BCUT2D eigenvalue weighted by molar-refractivity contribution is 5.89. The van der Waals surface area contributed by atoms with Crippen LogP contribution >= 0.6 is 0 Å².